The van der Waals surface area contributed by atoms with Crippen molar-refractivity contribution < 1.29 is 14.7 Å². The monoisotopic (exact) mass is 295 g/mol. The molecule has 0 aliphatic carbocycles. The number of carboxylic acid groups (broad SMARTS) is 1. The first-order chi connectivity index (χ1) is 9.45. The van der Waals surface area contributed by atoms with E-state index in [1.54, 1.807) is 12.3 Å². The third-order valence-electron chi connectivity index (χ3n) is 2.33. The van der Waals surface area contributed by atoms with Crippen LogP contribution in [0.15, 0.2) is 17.8 Å². The van der Waals surface area contributed by atoms with Crippen molar-refractivity contribution in [3.05, 3.63) is 28.5 Å². The molecule has 1 atom stereocenters. The Bertz CT molecular complexity index is 634. The van der Waals surface area contributed by atoms with Crippen molar-refractivity contribution in [2.24, 2.45) is 5.73 Å². The van der Waals surface area contributed by atoms with E-state index >= 15 is 0 Å². The molecule has 2 heterocycles. The van der Waals surface area contributed by atoms with Crippen molar-refractivity contribution in [1.29, 1.82) is 0 Å². The summed E-state index contributed by atoms with van der Waals surface area (Å²) < 4.78 is 1.21. The van der Waals surface area contributed by atoms with Crippen LogP contribution in [0.2, 0.25) is 0 Å². The number of amides is 1. The number of thiazole rings is 1. The molecule has 2 rings (SSSR count). The second kappa shape index (κ2) is 5.80. The average Bonchev–Trinajstić information content (AvgIpc) is 2.97. The number of carbonyl (C=O) groups excluding carboxylic acids is 1. The lowest BCUT2D eigenvalue weighted by Gasteiger charge is -1.99. The number of anilines is 1. The van der Waals surface area contributed by atoms with Crippen LogP contribution in [0.25, 0.3) is 0 Å². The lowest BCUT2D eigenvalue weighted by atomic mass is 10.4. The molecule has 8 nitrogen and oxygen atoms in total. The number of nitrogens with two attached hydrogens (primary N) is 1. The Kier molecular flexibility index (Phi) is 4.11. The molecule has 0 aliphatic heterocycles. The van der Waals surface area contributed by atoms with Gasteiger partial charge in [-0.1, -0.05) is 0 Å². The van der Waals surface area contributed by atoms with Gasteiger partial charge in [-0.3, -0.25) is 14.3 Å². The van der Waals surface area contributed by atoms with Crippen LogP contribution in [0, 0.1) is 0 Å². The van der Waals surface area contributed by atoms with Crippen molar-refractivity contribution in [3.63, 3.8) is 0 Å². The van der Waals surface area contributed by atoms with Gasteiger partial charge < -0.3 is 16.2 Å². The Morgan fingerprint density at radius 2 is 2.35 bits per heavy atom. The van der Waals surface area contributed by atoms with E-state index in [1.807, 2.05) is 0 Å². The van der Waals surface area contributed by atoms with E-state index in [2.05, 4.69) is 15.4 Å². The maximum Gasteiger partial charge on any atom is 0.325 e. The van der Waals surface area contributed by atoms with Crippen LogP contribution < -0.4 is 11.1 Å². The largest absolute Gasteiger partial charge is 0.480 e. The molecule has 20 heavy (non-hydrogen) atoms. The number of hydrogen-bond acceptors (Lipinski definition) is 6. The van der Waals surface area contributed by atoms with E-state index in [0.29, 0.717) is 10.7 Å². The third kappa shape index (κ3) is 3.39. The quantitative estimate of drug-likeness (QED) is 0.746. The first kappa shape index (κ1) is 14.2. The second-order valence-corrected chi connectivity index (χ2v) is 5.02. The molecule has 2 aromatic heterocycles. The number of rotatable bonds is 5. The molecule has 0 aliphatic rings. The molecule has 4 N–H and O–H groups in total. The van der Waals surface area contributed by atoms with Crippen molar-refractivity contribution in [3.8, 4) is 0 Å². The van der Waals surface area contributed by atoms with Gasteiger partial charge in [0.15, 0.2) is 0 Å². The maximum absolute atomic E-state index is 11.9. The number of carboxylic acids is 1. The molecule has 0 bridgehead atoms. The highest BCUT2D eigenvalue weighted by Crippen LogP contribution is 2.17. The summed E-state index contributed by atoms with van der Waals surface area (Å²) in [5, 5.41) is 17.3. The summed E-state index contributed by atoms with van der Waals surface area (Å²) in [4.78, 5) is 26.6. The number of aromatic nitrogens is 3. The maximum atomic E-state index is 11.9. The summed E-state index contributed by atoms with van der Waals surface area (Å²) in [6.45, 7) is 1.53. The van der Waals surface area contributed by atoms with Gasteiger partial charge in [-0.05, 0) is 6.92 Å². The number of hydrogen-bond donors (Lipinski definition) is 3. The summed E-state index contributed by atoms with van der Waals surface area (Å²) >= 11 is 1.31. The van der Waals surface area contributed by atoms with Gasteiger partial charge in [0.1, 0.15) is 17.2 Å². The summed E-state index contributed by atoms with van der Waals surface area (Å²) in [7, 11) is 0. The Balaban J connectivity index is 2.03. The normalized spacial score (nSPS) is 12.1. The molecule has 9 heteroatoms. The van der Waals surface area contributed by atoms with Gasteiger partial charge in [-0.2, -0.15) is 5.10 Å². The van der Waals surface area contributed by atoms with E-state index in [0.717, 1.165) is 0 Å². The summed E-state index contributed by atoms with van der Waals surface area (Å²) in [5.74, 6) is -1.39. The van der Waals surface area contributed by atoms with E-state index in [1.165, 1.54) is 28.4 Å². The standard InChI is InChI=1S/C11H13N5O3S/c1-6(12)11-15-8(5-20-11)10(19)14-7-2-13-16(3-7)4-9(17)18/h2-3,5-6H,4,12H2,1H3,(H,14,19)(H,17,18). The van der Waals surface area contributed by atoms with Crippen molar-refractivity contribution >= 4 is 28.9 Å². The van der Waals surface area contributed by atoms with Gasteiger partial charge in [0.05, 0.1) is 17.9 Å². The van der Waals surface area contributed by atoms with Gasteiger partial charge >= 0.3 is 5.97 Å². The average molecular weight is 295 g/mol. The molecule has 1 unspecified atom stereocenters. The highest BCUT2D eigenvalue weighted by Gasteiger charge is 2.13. The van der Waals surface area contributed by atoms with Gasteiger partial charge in [0, 0.05) is 11.6 Å². The first-order valence-corrected chi connectivity index (χ1v) is 6.60. The number of nitrogens with one attached hydrogen (secondary N) is 1. The van der Waals surface area contributed by atoms with Gasteiger partial charge in [-0.15, -0.1) is 11.3 Å². The fourth-order valence-corrected chi connectivity index (χ4v) is 2.21. The van der Waals surface area contributed by atoms with Crippen LogP contribution in [0.4, 0.5) is 5.69 Å². The van der Waals surface area contributed by atoms with Gasteiger partial charge in [-0.25, -0.2) is 4.98 Å². The molecular weight excluding hydrogens is 282 g/mol. The zero-order valence-corrected chi connectivity index (χ0v) is 11.4. The Morgan fingerprint density at radius 1 is 1.60 bits per heavy atom. The highest BCUT2D eigenvalue weighted by atomic mass is 32.1. The van der Waals surface area contributed by atoms with Crippen LogP contribution in [0.3, 0.4) is 0 Å². The Labute approximate surface area is 118 Å². The molecule has 2 aromatic rings. The van der Waals surface area contributed by atoms with Gasteiger partial charge in [0.2, 0.25) is 0 Å². The molecule has 1 amide bonds. The minimum Gasteiger partial charge on any atom is -0.480 e. The van der Waals surface area contributed by atoms with Crippen LogP contribution in [-0.4, -0.2) is 31.7 Å². The van der Waals surface area contributed by atoms with E-state index in [-0.39, 0.29) is 24.2 Å². The smallest absolute Gasteiger partial charge is 0.325 e. The first-order valence-electron chi connectivity index (χ1n) is 5.72. The molecule has 0 radical (unpaired) electrons. The minimum atomic E-state index is -1.01. The molecule has 0 saturated carbocycles. The van der Waals surface area contributed by atoms with Crippen molar-refractivity contribution in [1.82, 2.24) is 14.8 Å². The van der Waals surface area contributed by atoms with Crippen LogP contribution in [-0.2, 0) is 11.3 Å². The van der Waals surface area contributed by atoms with E-state index in [9.17, 15) is 9.59 Å². The minimum absolute atomic E-state index is 0.222. The Morgan fingerprint density at radius 3 is 2.95 bits per heavy atom. The molecule has 106 valence electrons. The summed E-state index contributed by atoms with van der Waals surface area (Å²) in [6, 6.07) is -0.222. The van der Waals surface area contributed by atoms with E-state index in [4.69, 9.17) is 10.8 Å². The van der Waals surface area contributed by atoms with Crippen LogP contribution >= 0.6 is 11.3 Å². The van der Waals surface area contributed by atoms with Crippen molar-refractivity contribution in [2.45, 2.75) is 19.5 Å². The molecule has 0 spiro atoms. The van der Waals surface area contributed by atoms with Gasteiger partial charge in [0.25, 0.3) is 5.91 Å². The van der Waals surface area contributed by atoms with Crippen LogP contribution in [0.1, 0.15) is 28.5 Å². The zero-order chi connectivity index (χ0) is 14.7. The lowest BCUT2D eigenvalue weighted by Crippen LogP contribution is -2.13. The van der Waals surface area contributed by atoms with Crippen LogP contribution in [0.5, 0.6) is 0 Å². The fraction of sp³-hybridized carbons (Fsp3) is 0.273. The summed E-state index contributed by atoms with van der Waals surface area (Å²) in [5.41, 5.74) is 6.36. The highest BCUT2D eigenvalue weighted by molar-refractivity contribution is 7.09. The third-order valence-corrected chi connectivity index (χ3v) is 3.38. The van der Waals surface area contributed by atoms with E-state index < -0.39 is 5.97 Å². The SMILES string of the molecule is CC(N)c1nc(C(=O)Nc2cnn(CC(=O)O)c2)cs1. The number of aliphatic carboxylic acids is 1. The molecule has 0 fully saturated rings. The molecule has 0 saturated heterocycles. The molecule has 0 aromatic carbocycles. The zero-order valence-electron chi connectivity index (χ0n) is 10.6. The fourth-order valence-electron chi connectivity index (χ4n) is 1.45. The predicted octanol–water partition coefficient (Wildman–Crippen LogP) is 0.696. The second-order valence-electron chi connectivity index (χ2n) is 4.13. The molecular formula is C11H13N5O3S. The lowest BCUT2D eigenvalue weighted by molar-refractivity contribution is -0.137. The Hall–Kier alpha value is -2.26. The van der Waals surface area contributed by atoms with Crippen molar-refractivity contribution in [2.75, 3.05) is 5.32 Å². The number of nitrogens with zero attached hydrogens (tertiary/aromatic N) is 3. The summed E-state index contributed by atoms with van der Waals surface area (Å²) in [6.07, 6.45) is 2.81. The topological polar surface area (TPSA) is 123 Å². The number of carbonyl (C=O) groups is 2. The predicted molar refractivity (Wildman–Crippen MR) is 72.5 cm³/mol.